The van der Waals surface area contributed by atoms with Crippen molar-refractivity contribution < 1.29 is 22.6 Å². The number of halogens is 3. The van der Waals surface area contributed by atoms with Gasteiger partial charge < -0.3 is 9.47 Å². The van der Waals surface area contributed by atoms with Crippen molar-refractivity contribution in [3.05, 3.63) is 89.8 Å². The van der Waals surface area contributed by atoms with Gasteiger partial charge in [0.2, 0.25) is 5.82 Å². The Balaban J connectivity index is 1.53. The monoisotopic (exact) mass is 438 g/mol. The standard InChI is InChI=1S/C27H25F3O2/c1-3-4-21-11-9-20(16-32-21)19-10-12-22(24(28)15-19)17-5-7-18(8-6-17)23-13-14-25(31-2)27(30)26(23)29/h3-8,10,12-15,20-21H,9,11,16H2,1-2H3. The third-order valence-electron chi connectivity index (χ3n) is 5.96. The second kappa shape index (κ2) is 9.61. The van der Waals surface area contributed by atoms with Crippen LogP contribution >= 0.6 is 0 Å². The summed E-state index contributed by atoms with van der Waals surface area (Å²) in [6.07, 6.45) is 6.05. The molecule has 166 valence electrons. The van der Waals surface area contributed by atoms with Gasteiger partial charge in [0.1, 0.15) is 5.82 Å². The maximum atomic E-state index is 14.9. The van der Waals surface area contributed by atoms with Crippen molar-refractivity contribution in [3.63, 3.8) is 0 Å². The van der Waals surface area contributed by atoms with Gasteiger partial charge in [-0.3, -0.25) is 0 Å². The fourth-order valence-corrected chi connectivity index (χ4v) is 4.16. The van der Waals surface area contributed by atoms with Crippen LogP contribution in [-0.4, -0.2) is 19.8 Å². The van der Waals surface area contributed by atoms with E-state index in [1.807, 2.05) is 19.1 Å². The molecule has 1 aliphatic rings. The zero-order valence-corrected chi connectivity index (χ0v) is 18.1. The number of allylic oxidation sites excluding steroid dienone is 1. The first-order valence-corrected chi connectivity index (χ1v) is 10.7. The summed E-state index contributed by atoms with van der Waals surface area (Å²) in [5, 5.41) is 0. The molecule has 0 aromatic heterocycles. The maximum Gasteiger partial charge on any atom is 0.201 e. The van der Waals surface area contributed by atoms with Crippen LogP contribution in [0.5, 0.6) is 5.75 Å². The van der Waals surface area contributed by atoms with E-state index in [9.17, 15) is 13.2 Å². The van der Waals surface area contributed by atoms with Crippen LogP contribution in [0, 0.1) is 17.5 Å². The minimum absolute atomic E-state index is 0.124. The van der Waals surface area contributed by atoms with Crippen LogP contribution in [-0.2, 0) is 4.74 Å². The Morgan fingerprint density at radius 2 is 1.56 bits per heavy atom. The first-order chi connectivity index (χ1) is 15.5. The normalized spacial score (nSPS) is 18.8. The van der Waals surface area contributed by atoms with Crippen molar-refractivity contribution in [1.29, 1.82) is 0 Å². The largest absolute Gasteiger partial charge is 0.494 e. The lowest BCUT2D eigenvalue weighted by molar-refractivity contribution is 0.0326. The number of rotatable bonds is 5. The van der Waals surface area contributed by atoms with Gasteiger partial charge in [-0.05, 0) is 54.7 Å². The highest BCUT2D eigenvalue weighted by Gasteiger charge is 2.22. The summed E-state index contributed by atoms with van der Waals surface area (Å²) in [5.41, 5.74) is 2.68. The van der Waals surface area contributed by atoms with E-state index in [0.717, 1.165) is 18.4 Å². The van der Waals surface area contributed by atoms with Gasteiger partial charge in [0.25, 0.3) is 0 Å². The first kappa shape index (κ1) is 22.2. The van der Waals surface area contributed by atoms with Gasteiger partial charge in [-0.15, -0.1) is 0 Å². The maximum absolute atomic E-state index is 14.9. The number of benzene rings is 3. The zero-order chi connectivity index (χ0) is 22.7. The Morgan fingerprint density at radius 3 is 2.16 bits per heavy atom. The van der Waals surface area contributed by atoms with E-state index in [0.29, 0.717) is 23.3 Å². The molecule has 0 radical (unpaired) electrons. The molecular weight excluding hydrogens is 413 g/mol. The molecule has 3 aromatic carbocycles. The quantitative estimate of drug-likeness (QED) is 0.390. The molecule has 1 aliphatic heterocycles. The minimum Gasteiger partial charge on any atom is -0.494 e. The summed E-state index contributed by atoms with van der Waals surface area (Å²) in [4.78, 5) is 0. The molecule has 1 saturated heterocycles. The number of ether oxygens (including phenoxy) is 2. The predicted octanol–water partition coefficient (Wildman–Crippen LogP) is 7.29. The molecule has 0 aliphatic carbocycles. The lowest BCUT2D eigenvalue weighted by Crippen LogP contribution is -2.23. The summed E-state index contributed by atoms with van der Waals surface area (Å²) in [6.45, 7) is 2.55. The molecule has 5 heteroatoms. The zero-order valence-electron chi connectivity index (χ0n) is 18.1. The molecule has 0 N–H and O–H groups in total. The van der Waals surface area contributed by atoms with Gasteiger partial charge in [0, 0.05) is 17.0 Å². The third-order valence-corrected chi connectivity index (χ3v) is 5.96. The van der Waals surface area contributed by atoms with E-state index >= 15 is 0 Å². The van der Waals surface area contributed by atoms with Crippen molar-refractivity contribution in [2.75, 3.05) is 13.7 Å². The Labute approximate surface area is 186 Å². The molecule has 0 amide bonds. The summed E-state index contributed by atoms with van der Waals surface area (Å²) in [6, 6.07) is 14.9. The van der Waals surface area contributed by atoms with E-state index in [2.05, 4.69) is 6.08 Å². The molecule has 1 heterocycles. The van der Waals surface area contributed by atoms with Gasteiger partial charge in [0.15, 0.2) is 11.6 Å². The molecule has 2 atom stereocenters. The lowest BCUT2D eigenvalue weighted by atomic mass is 9.89. The Hall–Kier alpha value is -3.05. The van der Waals surface area contributed by atoms with Crippen LogP contribution in [0.1, 0.15) is 31.2 Å². The molecule has 2 nitrogen and oxygen atoms in total. The molecule has 0 saturated carbocycles. The Morgan fingerprint density at radius 1 is 0.875 bits per heavy atom. The van der Waals surface area contributed by atoms with Gasteiger partial charge in [-0.2, -0.15) is 4.39 Å². The third kappa shape index (κ3) is 4.44. The first-order valence-electron chi connectivity index (χ1n) is 10.7. The average Bonchev–Trinajstić information content (AvgIpc) is 2.82. The SMILES string of the molecule is CC=CC1CCC(c2ccc(-c3ccc(-c4ccc(OC)c(F)c4F)cc3)c(F)c2)CO1. The van der Waals surface area contributed by atoms with Crippen LogP contribution in [0.3, 0.4) is 0 Å². The van der Waals surface area contributed by atoms with Gasteiger partial charge in [-0.25, -0.2) is 8.78 Å². The second-order valence-electron chi connectivity index (χ2n) is 7.93. The predicted molar refractivity (Wildman–Crippen MR) is 120 cm³/mol. The van der Waals surface area contributed by atoms with Crippen LogP contribution in [0.15, 0.2) is 66.7 Å². The molecule has 4 rings (SSSR count). The van der Waals surface area contributed by atoms with E-state index in [1.54, 1.807) is 36.4 Å². The molecule has 0 spiro atoms. The van der Waals surface area contributed by atoms with Crippen molar-refractivity contribution in [2.24, 2.45) is 0 Å². The van der Waals surface area contributed by atoms with Crippen LogP contribution in [0.2, 0.25) is 0 Å². The lowest BCUT2D eigenvalue weighted by Gasteiger charge is -2.28. The fourth-order valence-electron chi connectivity index (χ4n) is 4.16. The van der Waals surface area contributed by atoms with Crippen molar-refractivity contribution in [2.45, 2.75) is 31.8 Å². The summed E-state index contributed by atoms with van der Waals surface area (Å²) in [7, 11) is 1.29. The van der Waals surface area contributed by atoms with Gasteiger partial charge in [-0.1, -0.05) is 48.6 Å². The van der Waals surface area contributed by atoms with Crippen LogP contribution in [0.4, 0.5) is 13.2 Å². The molecule has 0 bridgehead atoms. The summed E-state index contributed by atoms with van der Waals surface area (Å²) in [5.74, 6) is -2.29. The molecule has 1 fully saturated rings. The molecular formula is C27H25F3O2. The van der Waals surface area contributed by atoms with E-state index in [4.69, 9.17) is 9.47 Å². The Bertz CT molecular complexity index is 1110. The smallest absolute Gasteiger partial charge is 0.201 e. The second-order valence-corrected chi connectivity index (χ2v) is 7.93. The average molecular weight is 438 g/mol. The number of methoxy groups -OCH3 is 1. The number of hydrogen-bond acceptors (Lipinski definition) is 2. The van der Waals surface area contributed by atoms with Crippen molar-refractivity contribution in [3.8, 4) is 28.0 Å². The van der Waals surface area contributed by atoms with Gasteiger partial charge in [0.05, 0.1) is 19.8 Å². The van der Waals surface area contributed by atoms with E-state index in [1.165, 1.54) is 19.2 Å². The molecule has 32 heavy (non-hydrogen) atoms. The molecule has 2 unspecified atom stereocenters. The van der Waals surface area contributed by atoms with Crippen LogP contribution in [0.25, 0.3) is 22.3 Å². The highest BCUT2D eigenvalue weighted by Crippen LogP contribution is 2.34. The fraction of sp³-hybridized carbons (Fsp3) is 0.259. The van der Waals surface area contributed by atoms with Crippen LogP contribution < -0.4 is 4.74 Å². The summed E-state index contributed by atoms with van der Waals surface area (Å²) >= 11 is 0. The number of hydrogen-bond donors (Lipinski definition) is 0. The highest BCUT2D eigenvalue weighted by molar-refractivity contribution is 5.71. The topological polar surface area (TPSA) is 18.5 Å². The van der Waals surface area contributed by atoms with Crippen molar-refractivity contribution in [1.82, 2.24) is 0 Å². The highest BCUT2D eigenvalue weighted by atomic mass is 19.2. The minimum atomic E-state index is -1.03. The molecule has 3 aromatic rings. The van der Waals surface area contributed by atoms with E-state index in [-0.39, 0.29) is 29.2 Å². The van der Waals surface area contributed by atoms with E-state index < -0.39 is 11.6 Å². The Kier molecular flexibility index (Phi) is 6.66. The van der Waals surface area contributed by atoms with Crippen molar-refractivity contribution >= 4 is 0 Å². The summed E-state index contributed by atoms with van der Waals surface area (Å²) < 4.78 is 54.0. The van der Waals surface area contributed by atoms with Gasteiger partial charge >= 0.3 is 0 Å².